The fourth-order valence-corrected chi connectivity index (χ4v) is 2.79. The minimum atomic E-state index is -0.385. The van der Waals surface area contributed by atoms with Gasteiger partial charge in [0.1, 0.15) is 11.0 Å². The zero-order valence-corrected chi connectivity index (χ0v) is 12.6. The lowest BCUT2D eigenvalue weighted by Gasteiger charge is -2.05. The fourth-order valence-electron chi connectivity index (χ4n) is 2.61. The molecule has 2 aromatic heterocycles. The summed E-state index contributed by atoms with van der Waals surface area (Å²) in [6, 6.07) is 15.5. The van der Waals surface area contributed by atoms with Crippen LogP contribution in [0.4, 0.5) is 0 Å². The lowest BCUT2D eigenvalue weighted by Crippen LogP contribution is -2.14. The van der Waals surface area contributed by atoms with Gasteiger partial charge in [-0.05, 0) is 23.8 Å². The molecule has 0 saturated heterocycles. The Morgan fingerprint density at radius 3 is 2.52 bits per heavy atom. The highest BCUT2D eigenvalue weighted by Gasteiger charge is 2.13. The van der Waals surface area contributed by atoms with Crippen LogP contribution in [0.15, 0.2) is 68.6 Å². The maximum atomic E-state index is 12.6. The maximum Gasteiger partial charge on any atom is 0.213 e. The van der Waals surface area contributed by atoms with Crippen LogP contribution in [0, 0.1) is 0 Å². The molecule has 2 aromatic carbocycles. The first-order chi connectivity index (χ1) is 11.1. The van der Waals surface area contributed by atoms with Crippen molar-refractivity contribution >= 4 is 33.7 Å². The molecule has 0 unspecified atom stereocenters. The second-order valence-corrected chi connectivity index (χ2v) is 5.63. The maximum absolute atomic E-state index is 12.6. The number of benzene rings is 2. The van der Waals surface area contributed by atoms with Gasteiger partial charge in [0, 0.05) is 11.1 Å². The van der Waals surface area contributed by atoms with Crippen molar-refractivity contribution in [3.8, 4) is 11.3 Å². The zero-order chi connectivity index (χ0) is 16.0. The van der Waals surface area contributed by atoms with Gasteiger partial charge < -0.3 is 9.40 Å². The Hall–Kier alpha value is -2.85. The Morgan fingerprint density at radius 1 is 0.957 bits per heavy atom. The highest BCUT2D eigenvalue weighted by molar-refractivity contribution is 6.31. The van der Waals surface area contributed by atoms with Crippen molar-refractivity contribution in [2.75, 3.05) is 0 Å². The first-order valence-electron chi connectivity index (χ1n) is 6.98. The zero-order valence-electron chi connectivity index (χ0n) is 11.8. The number of nitrogens with one attached hydrogen (secondary N) is 1. The average molecular weight is 324 g/mol. The number of aromatic nitrogens is 1. The number of pyridine rings is 1. The van der Waals surface area contributed by atoms with E-state index in [2.05, 4.69) is 4.98 Å². The van der Waals surface area contributed by atoms with E-state index < -0.39 is 0 Å². The van der Waals surface area contributed by atoms with E-state index in [4.69, 9.17) is 16.0 Å². The van der Waals surface area contributed by atoms with Gasteiger partial charge >= 0.3 is 0 Å². The van der Waals surface area contributed by atoms with E-state index in [-0.39, 0.29) is 22.0 Å². The molecular weight excluding hydrogens is 314 g/mol. The smallest absolute Gasteiger partial charge is 0.213 e. The number of halogens is 1. The van der Waals surface area contributed by atoms with Gasteiger partial charge in [-0.3, -0.25) is 9.59 Å². The molecule has 0 aliphatic carbocycles. The second-order valence-electron chi connectivity index (χ2n) is 5.19. The number of hydrogen-bond acceptors (Lipinski definition) is 3. The van der Waals surface area contributed by atoms with Crippen LogP contribution in [-0.2, 0) is 0 Å². The van der Waals surface area contributed by atoms with Crippen LogP contribution >= 0.6 is 11.6 Å². The molecule has 5 heteroatoms. The first kappa shape index (κ1) is 13.8. The van der Waals surface area contributed by atoms with Crippen LogP contribution in [-0.4, -0.2) is 4.98 Å². The monoisotopic (exact) mass is 323 g/mol. The van der Waals surface area contributed by atoms with E-state index in [1.807, 2.05) is 30.3 Å². The Balaban J connectivity index is 2.12. The molecule has 2 heterocycles. The topological polar surface area (TPSA) is 63.1 Å². The minimum Gasteiger partial charge on any atom is -0.439 e. The van der Waals surface area contributed by atoms with E-state index in [1.54, 1.807) is 12.1 Å². The van der Waals surface area contributed by atoms with Gasteiger partial charge in [-0.15, -0.1) is 0 Å². The number of hydrogen-bond donors (Lipinski definition) is 1. The van der Waals surface area contributed by atoms with Crippen molar-refractivity contribution in [2.45, 2.75) is 0 Å². The molecule has 0 fully saturated rings. The Kier molecular flexibility index (Phi) is 3.06. The van der Waals surface area contributed by atoms with Crippen LogP contribution < -0.4 is 10.9 Å². The highest BCUT2D eigenvalue weighted by Crippen LogP contribution is 2.22. The Morgan fingerprint density at radius 2 is 1.74 bits per heavy atom. The molecule has 0 atom stereocenters. The molecule has 0 aliphatic heterocycles. The van der Waals surface area contributed by atoms with Gasteiger partial charge in [-0.1, -0.05) is 41.9 Å². The fraction of sp³-hybridized carbons (Fsp3) is 0. The molecule has 0 saturated carbocycles. The average Bonchev–Trinajstić information content (AvgIpc) is 2.56. The summed E-state index contributed by atoms with van der Waals surface area (Å²) >= 11 is 5.92. The van der Waals surface area contributed by atoms with E-state index in [1.165, 1.54) is 12.1 Å². The van der Waals surface area contributed by atoms with Gasteiger partial charge in [-0.2, -0.15) is 0 Å². The van der Waals surface area contributed by atoms with Crippen molar-refractivity contribution in [2.24, 2.45) is 0 Å². The van der Waals surface area contributed by atoms with Gasteiger partial charge in [0.05, 0.1) is 11.1 Å². The Labute approximate surface area is 135 Å². The van der Waals surface area contributed by atoms with Crippen LogP contribution in [0.3, 0.4) is 0 Å². The second kappa shape index (κ2) is 5.11. The van der Waals surface area contributed by atoms with Crippen molar-refractivity contribution in [1.82, 2.24) is 4.98 Å². The molecule has 4 rings (SSSR count). The molecule has 23 heavy (non-hydrogen) atoms. The normalized spacial score (nSPS) is 11.2. The summed E-state index contributed by atoms with van der Waals surface area (Å²) in [5.74, 6) is 0. The van der Waals surface area contributed by atoms with Crippen LogP contribution in [0.25, 0.3) is 33.3 Å². The van der Waals surface area contributed by atoms with Crippen molar-refractivity contribution in [3.63, 3.8) is 0 Å². The summed E-state index contributed by atoms with van der Waals surface area (Å²) in [6.07, 6.45) is 0. The lowest BCUT2D eigenvalue weighted by molar-refractivity contribution is 0.645. The summed E-state index contributed by atoms with van der Waals surface area (Å²) in [4.78, 5) is 28.0. The number of fused-ring (bicyclic) bond motifs is 2. The quantitative estimate of drug-likeness (QED) is 0.539. The molecular formula is C18H10ClNO3. The molecule has 4 nitrogen and oxygen atoms in total. The molecule has 0 bridgehead atoms. The third-order valence-electron chi connectivity index (χ3n) is 3.71. The SMILES string of the molecule is O=c1cc(-c2ccccc2)[nH]c2oc3ccc(Cl)cc3c(=O)c12. The molecule has 1 N–H and O–H groups in total. The standard InChI is InChI=1S/C18H10ClNO3/c19-11-6-7-15-12(8-11)17(22)16-14(21)9-13(20-18(16)23-15)10-4-2-1-3-5-10/h1-9H,(H,20,21). The third-order valence-corrected chi connectivity index (χ3v) is 3.94. The summed E-state index contributed by atoms with van der Waals surface area (Å²) in [5.41, 5.74) is 1.21. The predicted octanol–water partition coefficient (Wildman–Crippen LogP) is 3.95. The molecule has 0 aliphatic rings. The van der Waals surface area contributed by atoms with Gasteiger partial charge in [0.15, 0.2) is 5.43 Å². The van der Waals surface area contributed by atoms with E-state index >= 15 is 0 Å². The molecule has 0 spiro atoms. The largest absolute Gasteiger partial charge is 0.439 e. The van der Waals surface area contributed by atoms with Crippen molar-refractivity contribution in [1.29, 1.82) is 0 Å². The number of H-pyrrole nitrogens is 1. The minimum absolute atomic E-state index is 0.000511. The Bertz CT molecular complexity index is 1160. The summed E-state index contributed by atoms with van der Waals surface area (Å²) in [5, 5.41) is 0.712. The van der Waals surface area contributed by atoms with Crippen LogP contribution in [0.1, 0.15) is 0 Å². The van der Waals surface area contributed by atoms with Gasteiger partial charge in [-0.25, -0.2) is 0 Å². The number of aromatic amines is 1. The molecule has 112 valence electrons. The lowest BCUT2D eigenvalue weighted by atomic mass is 10.1. The van der Waals surface area contributed by atoms with Crippen molar-refractivity contribution < 1.29 is 4.42 Å². The van der Waals surface area contributed by atoms with E-state index in [0.29, 0.717) is 21.7 Å². The first-order valence-corrected chi connectivity index (χ1v) is 7.36. The van der Waals surface area contributed by atoms with E-state index in [0.717, 1.165) is 5.56 Å². The van der Waals surface area contributed by atoms with Crippen LogP contribution in [0.5, 0.6) is 0 Å². The van der Waals surface area contributed by atoms with Gasteiger partial charge in [0.25, 0.3) is 0 Å². The predicted molar refractivity (Wildman–Crippen MR) is 91.1 cm³/mol. The molecule has 4 aromatic rings. The highest BCUT2D eigenvalue weighted by atomic mass is 35.5. The van der Waals surface area contributed by atoms with Crippen LogP contribution in [0.2, 0.25) is 5.02 Å². The number of rotatable bonds is 1. The summed E-state index contributed by atoms with van der Waals surface area (Å²) in [7, 11) is 0. The molecule has 0 amide bonds. The van der Waals surface area contributed by atoms with Crippen molar-refractivity contribution in [3.05, 3.63) is 80.1 Å². The third kappa shape index (κ3) is 2.24. The summed E-state index contributed by atoms with van der Waals surface area (Å²) in [6.45, 7) is 0. The summed E-state index contributed by atoms with van der Waals surface area (Å²) < 4.78 is 5.71. The molecule has 0 radical (unpaired) electrons. The van der Waals surface area contributed by atoms with E-state index in [9.17, 15) is 9.59 Å². The van der Waals surface area contributed by atoms with Gasteiger partial charge in [0.2, 0.25) is 11.1 Å².